The molecule has 2 fully saturated rings. The van der Waals surface area contributed by atoms with Crippen LogP contribution in [-0.2, 0) is 0 Å². The molecule has 1 saturated heterocycles. The van der Waals surface area contributed by atoms with E-state index in [4.69, 9.17) is 4.74 Å². The Hall–Kier alpha value is -1.09. The lowest BCUT2D eigenvalue weighted by molar-refractivity contribution is 0.202. The van der Waals surface area contributed by atoms with Crippen LogP contribution in [-0.4, -0.2) is 24.7 Å². The molecule has 0 amide bonds. The van der Waals surface area contributed by atoms with Crippen molar-refractivity contribution in [1.29, 1.82) is 0 Å². The molecule has 0 radical (unpaired) electrons. The van der Waals surface area contributed by atoms with E-state index in [0.29, 0.717) is 5.92 Å². The molecule has 1 aliphatic heterocycles. The van der Waals surface area contributed by atoms with E-state index < -0.39 is 0 Å². The molecule has 2 heterocycles. The Labute approximate surface area is 103 Å². The molecule has 1 aromatic rings. The number of methoxy groups -OCH3 is 1. The van der Waals surface area contributed by atoms with Gasteiger partial charge in [-0.25, -0.2) is 0 Å². The summed E-state index contributed by atoms with van der Waals surface area (Å²) in [6, 6.07) is 2.87. The number of piperidine rings is 1. The van der Waals surface area contributed by atoms with Crippen molar-refractivity contribution in [2.24, 2.45) is 5.92 Å². The van der Waals surface area contributed by atoms with Gasteiger partial charge in [-0.2, -0.15) is 0 Å². The molecule has 3 rings (SSSR count). The molecule has 17 heavy (non-hydrogen) atoms. The van der Waals surface area contributed by atoms with E-state index in [1.165, 1.54) is 37.8 Å². The molecule has 1 N–H and O–H groups in total. The fourth-order valence-electron chi connectivity index (χ4n) is 3.37. The highest BCUT2D eigenvalue weighted by molar-refractivity contribution is 5.27. The van der Waals surface area contributed by atoms with Crippen LogP contribution in [0.2, 0.25) is 0 Å². The first-order valence-corrected chi connectivity index (χ1v) is 6.57. The second-order valence-corrected chi connectivity index (χ2v) is 5.37. The molecule has 3 nitrogen and oxygen atoms in total. The van der Waals surface area contributed by atoms with Crippen molar-refractivity contribution in [3.63, 3.8) is 0 Å². The summed E-state index contributed by atoms with van der Waals surface area (Å²) in [7, 11) is 1.71. The largest absolute Gasteiger partial charge is 0.495 e. The van der Waals surface area contributed by atoms with E-state index in [-0.39, 0.29) is 0 Å². The average Bonchev–Trinajstić information content (AvgIpc) is 2.38. The van der Waals surface area contributed by atoms with Crippen LogP contribution < -0.4 is 10.1 Å². The third kappa shape index (κ3) is 2.29. The third-order valence-electron chi connectivity index (χ3n) is 4.23. The van der Waals surface area contributed by atoms with Crippen molar-refractivity contribution >= 4 is 0 Å². The van der Waals surface area contributed by atoms with Gasteiger partial charge in [0.05, 0.1) is 13.3 Å². The number of aromatic nitrogens is 1. The van der Waals surface area contributed by atoms with Gasteiger partial charge in [0, 0.05) is 12.2 Å². The quantitative estimate of drug-likeness (QED) is 0.849. The van der Waals surface area contributed by atoms with E-state index in [1.54, 1.807) is 13.3 Å². The Morgan fingerprint density at radius 1 is 1.29 bits per heavy atom. The third-order valence-corrected chi connectivity index (χ3v) is 4.23. The number of hydrogen-bond donors (Lipinski definition) is 1. The summed E-state index contributed by atoms with van der Waals surface area (Å²) in [4.78, 5) is 4.28. The molecule has 2 aliphatic rings. The fraction of sp³-hybridized carbons (Fsp3) is 0.643. The SMILES string of the molecule is COc1cncc(C2CC3CCNC(C3)C2)c1. The Kier molecular flexibility index (Phi) is 3.02. The van der Waals surface area contributed by atoms with Crippen LogP contribution in [0.5, 0.6) is 5.75 Å². The summed E-state index contributed by atoms with van der Waals surface area (Å²) in [5.74, 6) is 2.45. The smallest absolute Gasteiger partial charge is 0.137 e. The zero-order valence-corrected chi connectivity index (χ0v) is 10.4. The van der Waals surface area contributed by atoms with Crippen molar-refractivity contribution in [1.82, 2.24) is 10.3 Å². The first kappa shape index (κ1) is 11.0. The van der Waals surface area contributed by atoms with Crippen molar-refractivity contribution in [3.8, 4) is 5.75 Å². The summed E-state index contributed by atoms with van der Waals surface area (Å²) in [5.41, 5.74) is 1.35. The predicted octanol–water partition coefficient (Wildman–Crippen LogP) is 2.34. The fourth-order valence-corrected chi connectivity index (χ4v) is 3.37. The highest BCUT2D eigenvalue weighted by Gasteiger charge is 2.32. The summed E-state index contributed by atoms with van der Waals surface area (Å²) in [5, 5.41) is 3.63. The Bertz CT molecular complexity index is 382. The number of ether oxygens (including phenoxy) is 1. The van der Waals surface area contributed by atoms with Crippen molar-refractivity contribution < 1.29 is 4.74 Å². The molecule has 0 aromatic carbocycles. The maximum atomic E-state index is 5.26. The number of fused-ring (bicyclic) bond motifs is 2. The van der Waals surface area contributed by atoms with Crippen LogP contribution in [0.1, 0.15) is 37.2 Å². The molecule has 92 valence electrons. The molecule has 3 unspecified atom stereocenters. The monoisotopic (exact) mass is 232 g/mol. The van der Waals surface area contributed by atoms with E-state index in [9.17, 15) is 0 Å². The minimum Gasteiger partial charge on any atom is -0.495 e. The summed E-state index contributed by atoms with van der Waals surface area (Å²) in [6.45, 7) is 1.21. The second-order valence-electron chi connectivity index (χ2n) is 5.37. The molecule has 3 heteroatoms. The van der Waals surface area contributed by atoms with Crippen molar-refractivity contribution in [3.05, 3.63) is 24.0 Å². The highest BCUT2D eigenvalue weighted by Crippen LogP contribution is 2.39. The normalized spacial score (nSPS) is 32.2. The predicted molar refractivity (Wildman–Crippen MR) is 67.3 cm³/mol. The molecule has 1 aromatic heterocycles. The minimum atomic E-state index is 0.661. The first-order valence-electron chi connectivity index (χ1n) is 6.57. The molecule has 3 atom stereocenters. The van der Waals surface area contributed by atoms with Gasteiger partial charge in [0.1, 0.15) is 5.75 Å². The lowest BCUT2D eigenvalue weighted by atomic mass is 9.73. The van der Waals surface area contributed by atoms with Crippen LogP contribution in [0.25, 0.3) is 0 Å². The number of rotatable bonds is 2. The molecule has 1 aliphatic carbocycles. The lowest BCUT2D eigenvalue weighted by Gasteiger charge is -2.39. The van der Waals surface area contributed by atoms with E-state index in [0.717, 1.165) is 17.7 Å². The summed E-state index contributed by atoms with van der Waals surface area (Å²) in [6.07, 6.45) is 9.08. The van der Waals surface area contributed by atoms with Gasteiger partial charge >= 0.3 is 0 Å². The van der Waals surface area contributed by atoms with Gasteiger partial charge in [-0.15, -0.1) is 0 Å². The van der Waals surface area contributed by atoms with E-state index >= 15 is 0 Å². The van der Waals surface area contributed by atoms with E-state index in [2.05, 4.69) is 16.4 Å². The van der Waals surface area contributed by atoms with Crippen LogP contribution in [0.4, 0.5) is 0 Å². The van der Waals surface area contributed by atoms with Gasteiger partial charge in [0.25, 0.3) is 0 Å². The molecule has 2 bridgehead atoms. The van der Waals surface area contributed by atoms with Gasteiger partial charge in [0.15, 0.2) is 0 Å². The van der Waals surface area contributed by atoms with Gasteiger partial charge < -0.3 is 10.1 Å². The lowest BCUT2D eigenvalue weighted by Crippen LogP contribution is -2.42. The van der Waals surface area contributed by atoms with E-state index in [1.807, 2.05) is 6.20 Å². The van der Waals surface area contributed by atoms with Gasteiger partial charge in [0.2, 0.25) is 0 Å². The topological polar surface area (TPSA) is 34.1 Å². The summed E-state index contributed by atoms with van der Waals surface area (Å²) < 4.78 is 5.26. The Balaban J connectivity index is 1.79. The zero-order valence-electron chi connectivity index (χ0n) is 10.4. The molecule has 0 spiro atoms. The maximum Gasteiger partial charge on any atom is 0.137 e. The van der Waals surface area contributed by atoms with Crippen LogP contribution in [0, 0.1) is 5.92 Å². The van der Waals surface area contributed by atoms with Crippen LogP contribution in [0.3, 0.4) is 0 Å². The van der Waals surface area contributed by atoms with Gasteiger partial charge in [-0.1, -0.05) is 0 Å². The molecule has 1 saturated carbocycles. The van der Waals surface area contributed by atoms with Gasteiger partial charge in [-0.05, 0) is 55.7 Å². The number of hydrogen-bond acceptors (Lipinski definition) is 3. The van der Waals surface area contributed by atoms with Crippen molar-refractivity contribution in [2.75, 3.05) is 13.7 Å². The second kappa shape index (κ2) is 4.65. The molecular weight excluding hydrogens is 212 g/mol. The minimum absolute atomic E-state index is 0.661. The average molecular weight is 232 g/mol. The van der Waals surface area contributed by atoms with Crippen LogP contribution in [0.15, 0.2) is 18.5 Å². The number of nitrogens with zero attached hydrogens (tertiary/aromatic N) is 1. The number of pyridine rings is 1. The maximum absolute atomic E-state index is 5.26. The highest BCUT2D eigenvalue weighted by atomic mass is 16.5. The van der Waals surface area contributed by atoms with Crippen LogP contribution >= 0.6 is 0 Å². The summed E-state index contributed by atoms with van der Waals surface area (Å²) >= 11 is 0. The number of nitrogens with one attached hydrogen (secondary N) is 1. The Morgan fingerprint density at radius 2 is 2.24 bits per heavy atom. The van der Waals surface area contributed by atoms with Gasteiger partial charge in [-0.3, -0.25) is 4.98 Å². The molecular formula is C14H20N2O. The Morgan fingerprint density at radius 3 is 3.06 bits per heavy atom. The van der Waals surface area contributed by atoms with Crippen molar-refractivity contribution in [2.45, 2.75) is 37.6 Å². The standard InChI is InChI=1S/C14H20N2O/c1-17-14-7-12(8-15-9-14)11-4-10-2-3-16-13(5-10)6-11/h7-11,13,16H,2-6H2,1H3. The zero-order chi connectivity index (χ0) is 11.7. The first-order chi connectivity index (χ1) is 8.35.